The average molecular weight is 365 g/mol. The number of aryl methyl sites for hydroxylation is 2. The number of hydrogen-bond donors (Lipinski definition) is 3. The molecular formula is C19H19N5OS. The lowest BCUT2D eigenvalue weighted by Gasteiger charge is -2.12. The molecule has 0 unspecified atom stereocenters. The van der Waals surface area contributed by atoms with E-state index in [4.69, 9.17) is 0 Å². The smallest absolute Gasteiger partial charge is 0.278 e. The number of fused-ring (bicyclic) bond motifs is 2. The minimum absolute atomic E-state index is 0.207. The standard InChI is InChI=1S/C19H19N5OS/c25-18(17-14-9-20-7-6-15(14)23-24-17)22-19-21-16(10-26-19)13-5-4-11-2-1-3-12(11)8-13/h4-5,8,10,20H,1-3,6-7,9H2,(H,23,24)(H,21,22,25). The van der Waals surface area contributed by atoms with E-state index >= 15 is 0 Å². The molecule has 3 N–H and O–H groups in total. The number of carbonyl (C=O) groups excluding carboxylic acids is 1. The van der Waals surface area contributed by atoms with Crippen molar-refractivity contribution >= 4 is 22.4 Å². The zero-order chi connectivity index (χ0) is 17.5. The van der Waals surface area contributed by atoms with Gasteiger partial charge in [0.15, 0.2) is 10.8 Å². The summed E-state index contributed by atoms with van der Waals surface area (Å²) in [4.78, 5) is 17.2. The second-order valence-electron chi connectivity index (χ2n) is 6.79. The molecule has 0 spiro atoms. The minimum Gasteiger partial charge on any atom is -0.312 e. The molecular weight excluding hydrogens is 346 g/mol. The Morgan fingerprint density at radius 2 is 2.12 bits per heavy atom. The number of thiazole rings is 1. The van der Waals surface area contributed by atoms with Crippen molar-refractivity contribution in [1.82, 2.24) is 20.5 Å². The fraction of sp³-hybridized carbons (Fsp3) is 0.316. The molecule has 3 heterocycles. The SMILES string of the molecule is O=C(Nc1nc(-c2ccc3c(c2)CCC3)cs1)c1n[nH]c2c1CNCC2. The molecule has 1 aliphatic carbocycles. The van der Waals surface area contributed by atoms with Gasteiger partial charge < -0.3 is 5.32 Å². The Balaban J connectivity index is 1.36. The monoisotopic (exact) mass is 365 g/mol. The van der Waals surface area contributed by atoms with Crippen LogP contribution in [0.15, 0.2) is 23.6 Å². The summed E-state index contributed by atoms with van der Waals surface area (Å²) in [6, 6.07) is 6.57. The lowest BCUT2D eigenvalue weighted by atomic mass is 10.1. The Hall–Kier alpha value is -2.51. The van der Waals surface area contributed by atoms with Crippen molar-refractivity contribution in [3.63, 3.8) is 0 Å². The van der Waals surface area contributed by atoms with Crippen LogP contribution in [0.25, 0.3) is 11.3 Å². The quantitative estimate of drug-likeness (QED) is 0.666. The number of carbonyl (C=O) groups is 1. The third-order valence-electron chi connectivity index (χ3n) is 5.14. The molecule has 5 rings (SSSR count). The Labute approximate surface area is 155 Å². The first-order valence-electron chi connectivity index (χ1n) is 8.94. The Morgan fingerprint density at radius 1 is 1.19 bits per heavy atom. The van der Waals surface area contributed by atoms with E-state index < -0.39 is 0 Å². The molecule has 1 amide bonds. The summed E-state index contributed by atoms with van der Waals surface area (Å²) in [6.45, 7) is 1.58. The minimum atomic E-state index is -0.207. The van der Waals surface area contributed by atoms with Gasteiger partial charge in [0.05, 0.1) is 5.69 Å². The number of nitrogens with one attached hydrogen (secondary N) is 3. The van der Waals surface area contributed by atoms with Crippen LogP contribution in [0.4, 0.5) is 5.13 Å². The second-order valence-corrected chi connectivity index (χ2v) is 7.64. The van der Waals surface area contributed by atoms with E-state index in [1.165, 1.54) is 35.3 Å². The van der Waals surface area contributed by atoms with Gasteiger partial charge in [-0.25, -0.2) is 4.98 Å². The highest BCUT2D eigenvalue weighted by atomic mass is 32.1. The lowest BCUT2D eigenvalue weighted by Crippen LogP contribution is -2.25. The number of rotatable bonds is 3. The van der Waals surface area contributed by atoms with Crippen molar-refractivity contribution in [2.75, 3.05) is 11.9 Å². The number of anilines is 1. The third kappa shape index (κ3) is 2.73. The van der Waals surface area contributed by atoms with E-state index in [0.717, 1.165) is 41.9 Å². The van der Waals surface area contributed by atoms with Crippen molar-refractivity contribution in [1.29, 1.82) is 0 Å². The number of benzene rings is 1. The number of hydrogen-bond acceptors (Lipinski definition) is 5. The zero-order valence-electron chi connectivity index (χ0n) is 14.3. The van der Waals surface area contributed by atoms with E-state index in [0.29, 0.717) is 17.4 Å². The van der Waals surface area contributed by atoms with Crippen molar-refractivity contribution in [2.24, 2.45) is 0 Å². The van der Waals surface area contributed by atoms with E-state index in [1.54, 1.807) is 0 Å². The summed E-state index contributed by atoms with van der Waals surface area (Å²) in [7, 11) is 0. The molecule has 6 nitrogen and oxygen atoms in total. The number of aromatic nitrogens is 3. The lowest BCUT2D eigenvalue weighted by molar-refractivity contribution is 0.102. The van der Waals surface area contributed by atoms with Crippen LogP contribution in [0, 0.1) is 0 Å². The fourth-order valence-electron chi connectivity index (χ4n) is 3.76. The van der Waals surface area contributed by atoms with Crippen LogP contribution in [0.5, 0.6) is 0 Å². The molecule has 2 aromatic heterocycles. The summed E-state index contributed by atoms with van der Waals surface area (Å²) in [5.41, 5.74) is 7.37. The van der Waals surface area contributed by atoms with E-state index in [9.17, 15) is 4.79 Å². The van der Waals surface area contributed by atoms with Gasteiger partial charge in [0.2, 0.25) is 0 Å². The van der Waals surface area contributed by atoms with Crippen LogP contribution in [-0.4, -0.2) is 27.6 Å². The predicted molar refractivity (Wildman–Crippen MR) is 102 cm³/mol. The maximum Gasteiger partial charge on any atom is 0.278 e. The molecule has 1 aromatic carbocycles. The first-order valence-corrected chi connectivity index (χ1v) is 9.82. The average Bonchev–Trinajstić information content (AvgIpc) is 3.39. The molecule has 0 atom stereocenters. The van der Waals surface area contributed by atoms with Crippen LogP contribution < -0.4 is 10.6 Å². The molecule has 0 radical (unpaired) electrons. The van der Waals surface area contributed by atoms with E-state index in [-0.39, 0.29) is 5.91 Å². The fourth-order valence-corrected chi connectivity index (χ4v) is 4.48. The number of H-pyrrole nitrogens is 1. The summed E-state index contributed by atoms with van der Waals surface area (Å²) in [6.07, 6.45) is 4.43. The number of amides is 1. The molecule has 3 aromatic rings. The Bertz CT molecular complexity index is 990. The van der Waals surface area contributed by atoms with E-state index in [1.807, 2.05) is 5.38 Å². The molecule has 1 aliphatic heterocycles. The highest BCUT2D eigenvalue weighted by Gasteiger charge is 2.22. The highest BCUT2D eigenvalue weighted by molar-refractivity contribution is 7.14. The largest absolute Gasteiger partial charge is 0.312 e. The van der Waals surface area contributed by atoms with Crippen LogP contribution >= 0.6 is 11.3 Å². The molecule has 0 fully saturated rings. The summed E-state index contributed by atoms with van der Waals surface area (Å²) in [5, 5.41) is 15.9. The molecule has 132 valence electrons. The molecule has 0 bridgehead atoms. The molecule has 7 heteroatoms. The van der Waals surface area contributed by atoms with Gasteiger partial charge in [-0.15, -0.1) is 11.3 Å². The Morgan fingerprint density at radius 3 is 3.08 bits per heavy atom. The molecule has 0 saturated heterocycles. The van der Waals surface area contributed by atoms with Gasteiger partial charge in [-0.2, -0.15) is 5.10 Å². The molecule has 26 heavy (non-hydrogen) atoms. The van der Waals surface area contributed by atoms with Crippen LogP contribution in [-0.2, 0) is 25.8 Å². The highest BCUT2D eigenvalue weighted by Crippen LogP contribution is 2.30. The zero-order valence-corrected chi connectivity index (χ0v) is 15.1. The van der Waals surface area contributed by atoms with Gasteiger partial charge >= 0.3 is 0 Å². The van der Waals surface area contributed by atoms with Gasteiger partial charge in [0.1, 0.15) is 0 Å². The maximum absolute atomic E-state index is 12.6. The van der Waals surface area contributed by atoms with Gasteiger partial charge in [-0.1, -0.05) is 12.1 Å². The van der Waals surface area contributed by atoms with Crippen molar-refractivity contribution in [3.8, 4) is 11.3 Å². The van der Waals surface area contributed by atoms with Crippen molar-refractivity contribution < 1.29 is 4.79 Å². The predicted octanol–water partition coefficient (Wildman–Crippen LogP) is 2.92. The maximum atomic E-state index is 12.6. The van der Waals surface area contributed by atoms with Gasteiger partial charge in [0.25, 0.3) is 5.91 Å². The first kappa shape index (κ1) is 15.7. The second kappa shape index (κ2) is 6.34. The topological polar surface area (TPSA) is 82.7 Å². The first-order chi connectivity index (χ1) is 12.8. The third-order valence-corrected chi connectivity index (χ3v) is 5.90. The van der Waals surface area contributed by atoms with Crippen molar-refractivity contribution in [3.05, 3.63) is 51.7 Å². The van der Waals surface area contributed by atoms with E-state index in [2.05, 4.69) is 44.0 Å². The number of aromatic amines is 1. The van der Waals surface area contributed by atoms with Gasteiger partial charge in [0, 0.05) is 41.7 Å². The molecule has 0 saturated carbocycles. The normalized spacial score (nSPS) is 15.5. The Kier molecular flexibility index (Phi) is 3.83. The van der Waals surface area contributed by atoms with Crippen LogP contribution in [0.3, 0.4) is 0 Å². The molecule has 2 aliphatic rings. The number of nitrogens with zero attached hydrogens (tertiary/aromatic N) is 2. The van der Waals surface area contributed by atoms with Crippen LogP contribution in [0.2, 0.25) is 0 Å². The van der Waals surface area contributed by atoms with Crippen LogP contribution in [0.1, 0.15) is 39.3 Å². The summed E-state index contributed by atoms with van der Waals surface area (Å²) >= 11 is 1.44. The van der Waals surface area contributed by atoms with Crippen molar-refractivity contribution in [2.45, 2.75) is 32.2 Å². The van der Waals surface area contributed by atoms with Gasteiger partial charge in [-0.3, -0.25) is 15.2 Å². The summed E-state index contributed by atoms with van der Waals surface area (Å²) < 4.78 is 0. The summed E-state index contributed by atoms with van der Waals surface area (Å²) in [5.74, 6) is -0.207. The van der Waals surface area contributed by atoms with Gasteiger partial charge in [-0.05, 0) is 36.5 Å².